The zero-order valence-corrected chi connectivity index (χ0v) is 16.8. The van der Waals surface area contributed by atoms with Crippen LogP contribution < -0.4 is 9.64 Å². The fourth-order valence-electron chi connectivity index (χ4n) is 3.33. The van der Waals surface area contributed by atoms with Crippen LogP contribution in [0.2, 0.25) is 0 Å². The molecule has 1 aliphatic rings. The molecule has 0 amide bonds. The molecule has 0 saturated carbocycles. The van der Waals surface area contributed by atoms with Gasteiger partial charge in [-0.05, 0) is 36.8 Å². The van der Waals surface area contributed by atoms with Crippen molar-refractivity contribution in [3.63, 3.8) is 0 Å². The number of hydrogen-bond donors (Lipinski definition) is 0. The lowest BCUT2D eigenvalue weighted by Crippen LogP contribution is -2.47. The van der Waals surface area contributed by atoms with Gasteiger partial charge in [-0.1, -0.05) is 12.1 Å². The van der Waals surface area contributed by atoms with Gasteiger partial charge in [-0.25, -0.2) is 0 Å². The van der Waals surface area contributed by atoms with Crippen molar-refractivity contribution in [2.24, 2.45) is 0 Å². The molecule has 1 unspecified atom stereocenters. The minimum atomic E-state index is 0. The summed E-state index contributed by atoms with van der Waals surface area (Å²) in [4.78, 5) is 8.99. The van der Waals surface area contributed by atoms with Crippen LogP contribution in [-0.4, -0.2) is 61.8 Å². The van der Waals surface area contributed by atoms with Crippen molar-refractivity contribution >= 4 is 18.1 Å². The SMILES string of the molecule is CCOC(CN1CCN(c2ccccc2OC)CC1)c1ccncc1.Cl.O. The topological polar surface area (TPSA) is 69.3 Å². The Balaban J connectivity index is 0.00000182. The number of hydrogen-bond acceptors (Lipinski definition) is 5. The molecule has 2 heterocycles. The molecule has 0 radical (unpaired) electrons. The van der Waals surface area contributed by atoms with E-state index in [2.05, 4.69) is 26.9 Å². The Labute approximate surface area is 167 Å². The first kappa shape index (κ1) is 23.2. The Morgan fingerprint density at radius 3 is 2.33 bits per heavy atom. The number of benzene rings is 1. The first-order valence-electron chi connectivity index (χ1n) is 8.93. The van der Waals surface area contributed by atoms with Gasteiger partial charge in [-0.15, -0.1) is 12.4 Å². The molecule has 1 atom stereocenters. The van der Waals surface area contributed by atoms with Gasteiger partial charge in [0, 0.05) is 51.7 Å². The number of aromatic nitrogens is 1. The summed E-state index contributed by atoms with van der Waals surface area (Å²) in [6.45, 7) is 7.71. The number of rotatable bonds is 7. The van der Waals surface area contributed by atoms with Gasteiger partial charge in [-0.3, -0.25) is 9.88 Å². The van der Waals surface area contributed by atoms with Crippen LogP contribution in [0.25, 0.3) is 0 Å². The van der Waals surface area contributed by atoms with Crippen LogP contribution in [0.5, 0.6) is 5.75 Å². The Morgan fingerprint density at radius 1 is 1.04 bits per heavy atom. The highest BCUT2D eigenvalue weighted by molar-refractivity contribution is 5.85. The Bertz CT molecular complexity index is 652. The van der Waals surface area contributed by atoms with Crippen LogP contribution in [0.4, 0.5) is 5.69 Å². The maximum Gasteiger partial charge on any atom is 0.142 e. The maximum absolute atomic E-state index is 5.98. The second-order valence-electron chi connectivity index (χ2n) is 6.18. The first-order chi connectivity index (χ1) is 12.3. The van der Waals surface area contributed by atoms with Crippen LogP contribution in [0, 0.1) is 0 Å². The molecule has 1 saturated heterocycles. The average molecular weight is 396 g/mol. The fourth-order valence-corrected chi connectivity index (χ4v) is 3.33. The molecule has 27 heavy (non-hydrogen) atoms. The highest BCUT2D eigenvalue weighted by Crippen LogP contribution is 2.28. The summed E-state index contributed by atoms with van der Waals surface area (Å²) in [5.74, 6) is 0.944. The van der Waals surface area contributed by atoms with Gasteiger partial charge in [-0.2, -0.15) is 0 Å². The molecule has 3 rings (SSSR count). The lowest BCUT2D eigenvalue weighted by molar-refractivity contribution is 0.0310. The van der Waals surface area contributed by atoms with E-state index in [4.69, 9.17) is 9.47 Å². The largest absolute Gasteiger partial charge is 0.495 e. The number of ether oxygens (including phenoxy) is 2. The van der Waals surface area contributed by atoms with Crippen molar-refractivity contribution in [1.29, 1.82) is 0 Å². The standard InChI is InChI=1S/C20H27N3O2.ClH.H2O/c1-3-25-20(17-8-10-21-11-9-17)16-22-12-14-23(15-13-22)18-6-4-5-7-19(18)24-2;;/h4-11,20H,3,12-16H2,1-2H3;1H;1H2. The second-order valence-corrected chi connectivity index (χ2v) is 6.18. The van der Waals surface area contributed by atoms with Crippen LogP contribution in [0.3, 0.4) is 0 Å². The summed E-state index contributed by atoms with van der Waals surface area (Å²) in [7, 11) is 1.73. The summed E-state index contributed by atoms with van der Waals surface area (Å²) in [5, 5.41) is 0. The quantitative estimate of drug-likeness (QED) is 0.720. The lowest BCUT2D eigenvalue weighted by Gasteiger charge is -2.38. The summed E-state index contributed by atoms with van der Waals surface area (Å²) in [5.41, 5.74) is 2.38. The van der Waals surface area contributed by atoms with Gasteiger partial charge in [0.15, 0.2) is 0 Å². The van der Waals surface area contributed by atoms with Crippen LogP contribution in [-0.2, 0) is 4.74 Å². The molecule has 0 bridgehead atoms. The van der Waals surface area contributed by atoms with E-state index >= 15 is 0 Å². The number of nitrogens with zero attached hydrogens (tertiary/aromatic N) is 3. The van der Waals surface area contributed by atoms with E-state index in [0.717, 1.165) is 38.5 Å². The monoisotopic (exact) mass is 395 g/mol. The number of para-hydroxylation sites is 2. The van der Waals surface area contributed by atoms with Gasteiger partial charge < -0.3 is 19.8 Å². The highest BCUT2D eigenvalue weighted by Gasteiger charge is 2.22. The van der Waals surface area contributed by atoms with Crippen molar-refractivity contribution in [1.82, 2.24) is 9.88 Å². The first-order valence-corrected chi connectivity index (χ1v) is 8.93. The second kappa shape index (κ2) is 11.8. The van der Waals surface area contributed by atoms with Crippen LogP contribution >= 0.6 is 12.4 Å². The van der Waals surface area contributed by atoms with E-state index < -0.39 is 0 Å². The van der Waals surface area contributed by atoms with E-state index in [1.807, 2.05) is 43.6 Å². The maximum atomic E-state index is 5.98. The Morgan fingerprint density at radius 2 is 1.70 bits per heavy atom. The van der Waals surface area contributed by atoms with Crippen LogP contribution in [0.15, 0.2) is 48.8 Å². The fraction of sp³-hybridized carbons (Fsp3) is 0.450. The van der Waals surface area contributed by atoms with Gasteiger partial charge in [0.25, 0.3) is 0 Å². The van der Waals surface area contributed by atoms with Crippen LogP contribution in [0.1, 0.15) is 18.6 Å². The predicted molar refractivity (Wildman–Crippen MR) is 111 cm³/mol. The van der Waals surface area contributed by atoms with Gasteiger partial charge in [0.1, 0.15) is 5.75 Å². The average Bonchev–Trinajstić information content (AvgIpc) is 2.69. The van der Waals surface area contributed by atoms with Crippen molar-refractivity contribution in [3.05, 3.63) is 54.4 Å². The molecule has 1 aromatic heterocycles. The molecule has 2 aromatic rings. The third-order valence-electron chi connectivity index (χ3n) is 4.67. The van der Waals surface area contributed by atoms with E-state index in [1.54, 1.807) is 7.11 Å². The van der Waals surface area contributed by atoms with Gasteiger partial charge in [0.2, 0.25) is 0 Å². The lowest BCUT2D eigenvalue weighted by atomic mass is 10.1. The summed E-state index contributed by atoms with van der Waals surface area (Å²) in [6, 6.07) is 12.3. The third-order valence-corrected chi connectivity index (χ3v) is 4.67. The molecule has 0 spiro atoms. The van der Waals surface area contributed by atoms with Crippen molar-refractivity contribution in [3.8, 4) is 5.75 Å². The molecule has 6 nitrogen and oxygen atoms in total. The molecular formula is C20H30ClN3O3. The number of piperazine rings is 1. The number of anilines is 1. The van der Waals surface area contributed by atoms with Crippen molar-refractivity contribution in [2.45, 2.75) is 13.0 Å². The predicted octanol–water partition coefficient (Wildman–Crippen LogP) is 2.59. The van der Waals surface area contributed by atoms with Gasteiger partial charge in [0.05, 0.1) is 18.9 Å². The normalized spacial score (nSPS) is 15.4. The summed E-state index contributed by atoms with van der Waals surface area (Å²) >= 11 is 0. The number of pyridine rings is 1. The minimum absolute atomic E-state index is 0. The molecule has 150 valence electrons. The third kappa shape index (κ3) is 6.07. The highest BCUT2D eigenvalue weighted by atomic mass is 35.5. The molecule has 1 fully saturated rings. The van der Waals surface area contributed by atoms with E-state index in [0.29, 0.717) is 6.61 Å². The minimum Gasteiger partial charge on any atom is -0.495 e. The smallest absolute Gasteiger partial charge is 0.142 e. The molecular weight excluding hydrogens is 366 g/mol. The zero-order valence-electron chi connectivity index (χ0n) is 16.0. The zero-order chi connectivity index (χ0) is 17.5. The summed E-state index contributed by atoms with van der Waals surface area (Å²) < 4.78 is 11.5. The molecule has 1 aliphatic heterocycles. The number of halogens is 1. The van der Waals surface area contributed by atoms with Crippen molar-refractivity contribution < 1.29 is 14.9 Å². The number of methoxy groups -OCH3 is 1. The van der Waals surface area contributed by atoms with E-state index in [-0.39, 0.29) is 24.0 Å². The summed E-state index contributed by atoms with van der Waals surface area (Å²) in [6.07, 6.45) is 3.77. The van der Waals surface area contributed by atoms with Gasteiger partial charge >= 0.3 is 0 Å². The molecule has 2 N–H and O–H groups in total. The van der Waals surface area contributed by atoms with Crippen molar-refractivity contribution in [2.75, 3.05) is 51.3 Å². The molecule has 7 heteroatoms. The Hall–Kier alpha value is -1.86. The molecule has 1 aromatic carbocycles. The molecule has 0 aliphatic carbocycles. The van der Waals surface area contributed by atoms with E-state index in [9.17, 15) is 0 Å². The van der Waals surface area contributed by atoms with E-state index in [1.165, 1.54) is 11.3 Å². The Kier molecular flexibility index (Phi) is 10.1.